The Labute approximate surface area is 96.6 Å². The Morgan fingerprint density at radius 2 is 1.69 bits per heavy atom. The van der Waals surface area contributed by atoms with E-state index in [-0.39, 0.29) is 0 Å². The Bertz CT molecular complexity index is 543. The quantitative estimate of drug-likeness (QED) is 0.636. The van der Waals surface area contributed by atoms with Gasteiger partial charge < -0.3 is 0 Å². The summed E-state index contributed by atoms with van der Waals surface area (Å²) in [5.74, 6) is 0. The molecule has 0 saturated carbocycles. The van der Waals surface area contributed by atoms with E-state index in [1.165, 1.54) is 16.7 Å². The van der Waals surface area contributed by atoms with Crippen molar-refractivity contribution in [2.45, 2.75) is 6.92 Å². The molecular weight excluding hydrogens is 192 g/mol. The minimum Gasteiger partial charge on any atom is -0.128 e. The van der Waals surface area contributed by atoms with Crippen molar-refractivity contribution >= 4 is 6.08 Å². The molecule has 0 radical (unpaired) electrons. The van der Waals surface area contributed by atoms with Crippen LogP contribution in [0.25, 0.3) is 17.2 Å². The Morgan fingerprint density at radius 3 is 2.38 bits per heavy atom. The van der Waals surface area contributed by atoms with Gasteiger partial charge in [0.15, 0.2) is 0 Å². The fraction of sp³-hybridized carbons (Fsp3) is 0.0625. The standard InChI is InChI=1S/C16H14/c1-3-6-14-8-5-10-16(12-14)15-9-4-7-13(2)11-15/h4-12H,1H2,2H3. The summed E-state index contributed by atoms with van der Waals surface area (Å²) in [5, 5.41) is 0. The van der Waals surface area contributed by atoms with E-state index in [0.29, 0.717) is 0 Å². The predicted octanol–water partition coefficient (Wildman–Crippen LogP) is 4.46. The largest absolute Gasteiger partial charge is 0.128 e. The van der Waals surface area contributed by atoms with Crippen LogP contribution >= 0.6 is 0 Å². The summed E-state index contributed by atoms with van der Waals surface area (Å²) in [4.78, 5) is 0. The Kier molecular flexibility index (Phi) is 3.05. The third-order valence-electron chi connectivity index (χ3n) is 2.51. The first-order valence-corrected chi connectivity index (χ1v) is 5.32. The van der Waals surface area contributed by atoms with E-state index in [4.69, 9.17) is 0 Å². The van der Waals surface area contributed by atoms with Gasteiger partial charge in [-0.2, -0.15) is 0 Å². The molecule has 78 valence electrons. The third kappa shape index (κ3) is 2.31. The van der Waals surface area contributed by atoms with E-state index in [1.807, 2.05) is 6.08 Å². The Morgan fingerprint density at radius 1 is 1.00 bits per heavy atom. The van der Waals surface area contributed by atoms with Crippen LogP contribution < -0.4 is 0 Å². The van der Waals surface area contributed by atoms with Crippen molar-refractivity contribution in [3.8, 4) is 11.1 Å². The second kappa shape index (κ2) is 4.65. The van der Waals surface area contributed by atoms with Gasteiger partial charge >= 0.3 is 0 Å². The van der Waals surface area contributed by atoms with Crippen LogP contribution in [0.15, 0.2) is 60.8 Å². The van der Waals surface area contributed by atoms with Crippen molar-refractivity contribution < 1.29 is 0 Å². The average molecular weight is 206 g/mol. The van der Waals surface area contributed by atoms with Crippen LogP contribution in [-0.2, 0) is 0 Å². The maximum Gasteiger partial charge on any atom is -0.0133 e. The normalized spacial score (nSPS) is 9.56. The minimum absolute atomic E-state index is 1.13. The summed E-state index contributed by atoms with van der Waals surface area (Å²) < 4.78 is 0. The summed E-state index contributed by atoms with van der Waals surface area (Å²) in [6.45, 7) is 5.70. The summed E-state index contributed by atoms with van der Waals surface area (Å²) >= 11 is 0. The smallest absolute Gasteiger partial charge is 0.0133 e. The molecule has 0 heteroatoms. The molecule has 0 aromatic heterocycles. The zero-order valence-electron chi connectivity index (χ0n) is 9.40. The van der Waals surface area contributed by atoms with Crippen molar-refractivity contribution in [2.75, 3.05) is 0 Å². The molecule has 0 fully saturated rings. The highest BCUT2D eigenvalue weighted by Gasteiger charge is 1.97. The molecule has 0 amide bonds. The van der Waals surface area contributed by atoms with Gasteiger partial charge in [-0.15, -0.1) is 5.73 Å². The van der Waals surface area contributed by atoms with E-state index in [2.05, 4.69) is 67.8 Å². The zero-order valence-corrected chi connectivity index (χ0v) is 9.40. The molecule has 0 aliphatic heterocycles. The molecule has 2 aromatic rings. The van der Waals surface area contributed by atoms with E-state index >= 15 is 0 Å². The number of hydrogen-bond acceptors (Lipinski definition) is 0. The summed E-state index contributed by atoms with van der Waals surface area (Å²) in [6, 6.07) is 16.9. The molecule has 0 atom stereocenters. The van der Waals surface area contributed by atoms with Gasteiger partial charge in [-0.1, -0.05) is 54.6 Å². The van der Waals surface area contributed by atoms with E-state index < -0.39 is 0 Å². The molecule has 0 N–H and O–H groups in total. The van der Waals surface area contributed by atoms with Crippen molar-refractivity contribution in [3.05, 3.63) is 72.0 Å². The highest BCUT2D eigenvalue weighted by Crippen LogP contribution is 2.21. The van der Waals surface area contributed by atoms with Crippen molar-refractivity contribution in [2.24, 2.45) is 0 Å². The molecular formula is C16H14. The number of rotatable bonds is 2. The lowest BCUT2D eigenvalue weighted by molar-refractivity contribution is 1.46. The van der Waals surface area contributed by atoms with Gasteiger partial charge in [-0.3, -0.25) is 0 Å². The van der Waals surface area contributed by atoms with Gasteiger partial charge in [0.2, 0.25) is 0 Å². The maximum atomic E-state index is 3.59. The topological polar surface area (TPSA) is 0 Å². The second-order valence-electron chi connectivity index (χ2n) is 3.84. The van der Waals surface area contributed by atoms with E-state index in [1.54, 1.807) is 0 Å². The fourth-order valence-corrected chi connectivity index (χ4v) is 1.75. The number of aryl methyl sites for hydroxylation is 1. The summed E-state index contributed by atoms with van der Waals surface area (Å²) in [7, 11) is 0. The van der Waals surface area contributed by atoms with Crippen LogP contribution in [0.2, 0.25) is 0 Å². The maximum absolute atomic E-state index is 3.59. The molecule has 2 aromatic carbocycles. The van der Waals surface area contributed by atoms with Gasteiger partial charge in [0.1, 0.15) is 0 Å². The minimum atomic E-state index is 1.13. The van der Waals surface area contributed by atoms with Crippen LogP contribution in [0.5, 0.6) is 0 Å². The van der Waals surface area contributed by atoms with Gasteiger partial charge in [0.05, 0.1) is 0 Å². The third-order valence-corrected chi connectivity index (χ3v) is 2.51. The number of benzene rings is 2. The molecule has 0 spiro atoms. The van der Waals surface area contributed by atoms with Crippen molar-refractivity contribution in [3.63, 3.8) is 0 Å². The Hall–Kier alpha value is -2.04. The zero-order chi connectivity index (χ0) is 11.4. The highest BCUT2D eigenvalue weighted by molar-refractivity contribution is 5.67. The lowest BCUT2D eigenvalue weighted by Gasteiger charge is -2.03. The Balaban J connectivity index is 2.48. The van der Waals surface area contributed by atoms with Crippen molar-refractivity contribution in [1.82, 2.24) is 0 Å². The van der Waals surface area contributed by atoms with Gasteiger partial charge in [0.25, 0.3) is 0 Å². The molecule has 16 heavy (non-hydrogen) atoms. The van der Waals surface area contributed by atoms with Crippen LogP contribution in [0.4, 0.5) is 0 Å². The molecule has 0 bridgehead atoms. The molecule has 2 rings (SSSR count). The monoisotopic (exact) mass is 206 g/mol. The highest BCUT2D eigenvalue weighted by atomic mass is 14.0. The van der Waals surface area contributed by atoms with E-state index in [0.717, 1.165) is 5.56 Å². The molecule has 0 aliphatic rings. The van der Waals surface area contributed by atoms with E-state index in [9.17, 15) is 0 Å². The average Bonchev–Trinajstić information content (AvgIpc) is 2.30. The second-order valence-corrected chi connectivity index (χ2v) is 3.84. The van der Waals surface area contributed by atoms with Crippen LogP contribution in [0.1, 0.15) is 11.1 Å². The van der Waals surface area contributed by atoms with Crippen LogP contribution in [0.3, 0.4) is 0 Å². The molecule has 0 unspecified atom stereocenters. The molecule has 0 saturated heterocycles. The first kappa shape index (κ1) is 10.5. The molecule has 0 nitrogen and oxygen atoms in total. The predicted molar refractivity (Wildman–Crippen MR) is 70.2 cm³/mol. The van der Waals surface area contributed by atoms with Crippen LogP contribution in [0, 0.1) is 6.92 Å². The lowest BCUT2D eigenvalue weighted by Crippen LogP contribution is -1.80. The summed E-state index contributed by atoms with van der Waals surface area (Å²) in [6.07, 6.45) is 1.89. The van der Waals surface area contributed by atoms with Gasteiger partial charge in [-0.05, 0) is 35.8 Å². The fourth-order valence-electron chi connectivity index (χ4n) is 1.75. The SMILES string of the molecule is C=C=Cc1cccc(-c2cccc(C)c2)c1. The van der Waals surface area contributed by atoms with Gasteiger partial charge in [-0.25, -0.2) is 0 Å². The van der Waals surface area contributed by atoms with Crippen LogP contribution in [-0.4, -0.2) is 0 Å². The first-order chi connectivity index (χ1) is 7.79. The summed E-state index contributed by atoms with van der Waals surface area (Å²) in [5.41, 5.74) is 7.69. The lowest BCUT2D eigenvalue weighted by atomic mass is 10.0. The molecule has 0 heterocycles. The van der Waals surface area contributed by atoms with Crippen molar-refractivity contribution in [1.29, 1.82) is 0 Å². The number of hydrogen-bond donors (Lipinski definition) is 0. The first-order valence-electron chi connectivity index (χ1n) is 5.32. The van der Waals surface area contributed by atoms with Gasteiger partial charge in [0, 0.05) is 0 Å². The molecule has 0 aliphatic carbocycles.